The third-order valence-electron chi connectivity index (χ3n) is 4.41. The molecule has 158 valence electrons. The van der Waals surface area contributed by atoms with E-state index in [-0.39, 0.29) is 11.4 Å². The summed E-state index contributed by atoms with van der Waals surface area (Å²) in [5, 5.41) is 2.67. The molecule has 9 nitrogen and oxygen atoms in total. The molecule has 0 radical (unpaired) electrons. The first-order valence-electron chi connectivity index (χ1n) is 8.77. The van der Waals surface area contributed by atoms with Gasteiger partial charge in [0.15, 0.2) is 11.5 Å². The molecular formula is C20H21N3O6S. The van der Waals surface area contributed by atoms with E-state index >= 15 is 0 Å². The van der Waals surface area contributed by atoms with Crippen LogP contribution in [0.3, 0.4) is 0 Å². The molecule has 0 spiro atoms. The molecule has 10 heteroatoms. The van der Waals surface area contributed by atoms with Crippen LogP contribution in [0.5, 0.6) is 17.2 Å². The number of hydrogen-bond donors (Lipinski definition) is 1. The fourth-order valence-corrected chi connectivity index (χ4v) is 3.71. The Morgan fingerprint density at radius 2 is 1.73 bits per heavy atom. The summed E-state index contributed by atoms with van der Waals surface area (Å²) >= 11 is 0. The van der Waals surface area contributed by atoms with Crippen molar-refractivity contribution in [3.8, 4) is 17.2 Å². The van der Waals surface area contributed by atoms with Gasteiger partial charge in [-0.05, 0) is 30.3 Å². The van der Waals surface area contributed by atoms with Crippen LogP contribution >= 0.6 is 0 Å². The van der Waals surface area contributed by atoms with Crippen molar-refractivity contribution in [2.45, 2.75) is 0 Å². The number of allylic oxidation sites excluding steroid dienone is 1. The molecule has 3 rings (SSSR count). The van der Waals surface area contributed by atoms with E-state index in [4.69, 9.17) is 14.2 Å². The molecule has 0 aromatic heterocycles. The molecule has 2 aromatic rings. The highest BCUT2D eigenvalue weighted by molar-refractivity contribution is 7.88. The molecule has 1 heterocycles. The smallest absolute Gasteiger partial charge is 0.345 e. The van der Waals surface area contributed by atoms with Gasteiger partial charge in [-0.2, -0.15) is 8.42 Å². The van der Waals surface area contributed by atoms with E-state index in [0.717, 1.165) is 4.31 Å². The zero-order chi connectivity index (χ0) is 21.9. The van der Waals surface area contributed by atoms with Crippen LogP contribution in [0.4, 0.5) is 5.69 Å². The minimum Gasteiger partial charge on any atom is -0.497 e. The number of carbonyl (C=O) groups is 1. The Bertz CT molecular complexity index is 1140. The molecule has 0 saturated carbocycles. The van der Waals surface area contributed by atoms with Gasteiger partial charge in [0.2, 0.25) is 0 Å². The predicted molar refractivity (Wildman–Crippen MR) is 112 cm³/mol. The number of rotatable bonds is 6. The van der Waals surface area contributed by atoms with Gasteiger partial charge in [-0.15, -0.1) is 4.40 Å². The molecule has 1 amide bonds. The topological polar surface area (TPSA) is 107 Å². The van der Waals surface area contributed by atoms with E-state index in [1.54, 1.807) is 42.5 Å². The molecule has 1 aliphatic rings. The number of amides is 1. The van der Waals surface area contributed by atoms with Crippen molar-refractivity contribution < 1.29 is 27.4 Å². The second-order valence-electron chi connectivity index (χ2n) is 6.21. The van der Waals surface area contributed by atoms with E-state index in [1.807, 2.05) is 0 Å². The van der Waals surface area contributed by atoms with Crippen molar-refractivity contribution >= 4 is 27.5 Å². The summed E-state index contributed by atoms with van der Waals surface area (Å²) in [6, 6.07) is 11.6. The minimum absolute atomic E-state index is 0.0856. The zero-order valence-corrected chi connectivity index (χ0v) is 17.7. The third-order valence-corrected chi connectivity index (χ3v) is 5.73. The quantitative estimate of drug-likeness (QED) is 0.752. The van der Waals surface area contributed by atoms with Crippen LogP contribution in [-0.2, 0) is 15.0 Å². The molecule has 0 fully saturated rings. The third kappa shape index (κ3) is 4.23. The molecule has 0 unspecified atom stereocenters. The van der Waals surface area contributed by atoms with E-state index in [2.05, 4.69) is 9.71 Å². The standard InChI is InChI=1S/C20H21N3O6S/c1-23-17(20(24)21-14-8-9-18(28-3)19(11-14)29-4)12-16(22-30(23,25)26)13-6-5-7-15(10-13)27-2/h5-12H,1-4H3,(H,21,24). The Morgan fingerprint density at radius 3 is 2.40 bits per heavy atom. The van der Waals surface area contributed by atoms with Gasteiger partial charge in [-0.3, -0.25) is 4.79 Å². The summed E-state index contributed by atoms with van der Waals surface area (Å²) in [4.78, 5) is 12.9. The Morgan fingerprint density at radius 1 is 1.00 bits per heavy atom. The molecule has 1 aliphatic heterocycles. The molecule has 1 N–H and O–H groups in total. The Hall–Kier alpha value is -3.53. The number of methoxy groups -OCH3 is 3. The number of hydrogen-bond acceptors (Lipinski definition) is 6. The summed E-state index contributed by atoms with van der Waals surface area (Å²) in [5.41, 5.74) is 0.958. The van der Waals surface area contributed by atoms with Crippen molar-refractivity contribution in [1.82, 2.24) is 4.31 Å². The van der Waals surface area contributed by atoms with Gasteiger partial charge in [0.1, 0.15) is 11.4 Å². The van der Waals surface area contributed by atoms with Gasteiger partial charge < -0.3 is 19.5 Å². The van der Waals surface area contributed by atoms with Crippen LogP contribution in [0.15, 0.2) is 58.6 Å². The maximum atomic E-state index is 12.9. The van der Waals surface area contributed by atoms with Crippen molar-refractivity contribution in [3.63, 3.8) is 0 Å². The van der Waals surface area contributed by atoms with Crippen molar-refractivity contribution in [3.05, 3.63) is 59.8 Å². The minimum atomic E-state index is -4.08. The highest BCUT2D eigenvalue weighted by Gasteiger charge is 2.30. The Balaban J connectivity index is 1.95. The Kier molecular flexibility index (Phi) is 5.97. The highest BCUT2D eigenvalue weighted by atomic mass is 32.2. The lowest BCUT2D eigenvalue weighted by Gasteiger charge is -2.23. The van der Waals surface area contributed by atoms with Crippen LogP contribution in [0.25, 0.3) is 0 Å². The lowest BCUT2D eigenvalue weighted by molar-refractivity contribution is -0.113. The summed E-state index contributed by atoms with van der Waals surface area (Å²) in [5.74, 6) is 0.840. The van der Waals surface area contributed by atoms with E-state index in [0.29, 0.717) is 28.5 Å². The first-order valence-corrected chi connectivity index (χ1v) is 10.2. The number of ether oxygens (including phenoxy) is 3. The molecule has 2 aromatic carbocycles. The summed E-state index contributed by atoms with van der Waals surface area (Å²) < 4.78 is 45.2. The fourth-order valence-electron chi connectivity index (χ4n) is 2.79. The molecule has 30 heavy (non-hydrogen) atoms. The van der Waals surface area contributed by atoms with E-state index in [1.165, 1.54) is 34.5 Å². The number of likely N-dealkylation sites (N-methyl/N-ethyl adjacent to an activating group) is 1. The van der Waals surface area contributed by atoms with Crippen molar-refractivity contribution in [2.75, 3.05) is 33.7 Å². The van der Waals surface area contributed by atoms with Crippen LogP contribution in [-0.4, -0.2) is 52.7 Å². The lowest BCUT2D eigenvalue weighted by atomic mass is 10.1. The van der Waals surface area contributed by atoms with Crippen molar-refractivity contribution in [1.29, 1.82) is 0 Å². The monoisotopic (exact) mass is 431 g/mol. The lowest BCUT2D eigenvalue weighted by Crippen LogP contribution is -2.35. The van der Waals surface area contributed by atoms with Gasteiger partial charge in [-0.1, -0.05) is 12.1 Å². The highest BCUT2D eigenvalue weighted by Crippen LogP contribution is 2.30. The van der Waals surface area contributed by atoms with E-state index in [9.17, 15) is 13.2 Å². The van der Waals surface area contributed by atoms with Crippen LogP contribution in [0, 0.1) is 0 Å². The normalized spacial score (nSPS) is 15.0. The summed E-state index contributed by atoms with van der Waals surface area (Å²) in [6.45, 7) is 0. The first-order chi connectivity index (χ1) is 14.3. The van der Waals surface area contributed by atoms with Crippen LogP contribution in [0.2, 0.25) is 0 Å². The van der Waals surface area contributed by atoms with Crippen LogP contribution in [0.1, 0.15) is 5.56 Å². The molecule has 0 saturated heterocycles. The van der Waals surface area contributed by atoms with Gasteiger partial charge >= 0.3 is 10.2 Å². The number of nitrogens with one attached hydrogen (secondary N) is 1. The maximum Gasteiger partial charge on any atom is 0.345 e. The number of anilines is 1. The second kappa shape index (κ2) is 8.46. The molecule has 0 aliphatic carbocycles. The predicted octanol–water partition coefficient (Wildman–Crippen LogP) is 2.21. The van der Waals surface area contributed by atoms with E-state index < -0.39 is 16.1 Å². The fraction of sp³-hybridized carbons (Fsp3) is 0.200. The van der Waals surface area contributed by atoms with Gasteiger partial charge in [0.05, 0.1) is 27.0 Å². The average Bonchev–Trinajstić information content (AvgIpc) is 2.75. The zero-order valence-electron chi connectivity index (χ0n) is 16.9. The van der Waals surface area contributed by atoms with Crippen molar-refractivity contribution in [2.24, 2.45) is 4.40 Å². The summed E-state index contributed by atoms with van der Waals surface area (Å²) in [6.07, 6.45) is 1.41. The number of nitrogens with zero attached hydrogens (tertiary/aromatic N) is 2. The van der Waals surface area contributed by atoms with Gasteiger partial charge in [-0.25, -0.2) is 4.31 Å². The first kappa shape index (κ1) is 21.2. The molecule has 0 atom stereocenters. The van der Waals surface area contributed by atoms with Gasteiger partial charge in [0.25, 0.3) is 5.91 Å². The molecular weight excluding hydrogens is 410 g/mol. The number of carbonyl (C=O) groups excluding carboxylic acids is 1. The average molecular weight is 431 g/mol. The maximum absolute atomic E-state index is 12.9. The van der Waals surface area contributed by atoms with Gasteiger partial charge in [0, 0.05) is 24.4 Å². The largest absolute Gasteiger partial charge is 0.497 e. The SMILES string of the molecule is COc1cccc(C2=NS(=O)(=O)N(C)C(C(=O)Nc3ccc(OC)c(OC)c3)=C2)c1. The Labute approximate surface area is 174 Å². The molecule has 0 bridgehead atoms. The summed E-state index contributed by atoms with van der Waals surface area (Å²) in [7, 11) is 1.67. The second-order valence-corrected chi connectivity index (χ2v) is 7.83. The number of benzene rings is 2. The van der Waals surface area contributed by atoms with Crippen LogP contribution < -0.4 is 19.5 Å².